The number of carbonyl (C=O) groups excluding carboxylic acids is 1. The normalized spacial score (nSPS) is 13.8. The van der Waals surface area contributed by atoms with Crippen molar-refractivity contribution in [1.82, 2.24) is 24.9 Å². The van der Waals surface area contributed by atoms with Crippen LogP contribution in [0.15, 0.2) is 48.5 Å². The lowest BCUT2D eigenvalue weighted by Gasteiger charge is -2.36. The second-order valence-electron chi connectivity index (χ2n) is 8.33. The molecule has 1 aliphatic rings. The van der Waals surface area contributed by atoms with Gasteiger partial charge in [-0.05, 0) is 50.2 Å². The maximum Gasteiger partial charge on any atom is 0.265 e. The van der Waals surface area contributed by atoms with Crippen LogP contribution in [0.1, 0.15) is 21.1 Å². The zero-order valence-electron chi connectivity index (χ0n) is 19.7. The minimum absolute atomic E-state index is 0.0251. The van der Waals surface area contributed by atoms with Gasteiger partial charge in [0.05, 0.1) is 24.2 Å². The van der Waals surface area contributed by atoms with Gasteiger partial charge in [0.1, 0.15) is 27.1 Å². The minimum atomic E-state index is -0.252. The van der Waals surface area contributed by atoms with Crippen molar-refractivity contribution in [2.45, 2.75) is 13.8 Å². The number of anilines is 1. The summed E-state index contributed by atoms with van der Waals surface area (Å²) in [6.07, 6.45) is 0. The van der Waals surface area contributed by atoms with Gasteiger partial charge in [-0.25, -0.2) is 14.1 Å². The molecule has 0 spiro atoms. The van der Waals surface area contributed by atoms with Gasteiger partial charge in [-0.2, -0.15) is 0 Å². The van der Waals surface area contributed by atoms with E-state index < -0.39 is 0 Å². The third kappa shape index (κ3) is 4.49. The van der Waals surface area contributed by atoms with E-state index in [0.717, 1.165) is 22.8 Å². The van der Waals surface area contributed by atoms with Gasteiger partial charge in [-0.1, -0.05) is 11.3 Å². The van der Waals surface area contributed by atoms with Gasteiger partial charge < -0.3 is 14.5 Å². The molecule has 0 N–H and O–H groups in total. The van der Waals surface area contributed by atoms with Crippen molar-refractivity contribution in [3.63, 3.8) is 0 Å². The number of halogens is 1. The lowest BCUT2D eigenvalue weighted by Crippen LogP contribution is -2.48. The van der Waals surface area contributed by atoms with Crippen molar-refractivity contribution in [3.8, 4) is 22.1 Å². The van der Waals surface area contributed by atoms with E-state index in [4.69, 9.17) is 4.74 Å². The van der Waals surface area contributed by atoms with Crippen LogP contribution < -0.4 is 9.64 Å². The summed E-state index contributed by atoms with van der Waals surface area (Å²) in [5, 5.41) is 9.33. The quantitative estimate of drug-likeness (QED) is 0.417. The number of thiazole rings is 1. The van der Waals surface area contributed by atoms with E-state index in [1.54, 1.807) is 23.9 Å². The van der Waals surface area contributed by atoms with Crippen molar-refractivity contribution < 1.29 is 13.9 Å². The van der Waals surface area contributed by atoms with Crippen molar-refractivity contribution in [3.05, 3.63) is 70.6 Å². The highest BCUT2D eigenvalue weighted by molar-refractivity contribution is 7.17. The first-order valence-electron chi connectivity index (χ1n) is 11.3. The van der Waals surface area contributed by atoms with Gasteiger partial charge >= 0.3 is 0 Å². The molecule has 1 aliphatic heterocycles. The molecule has 0 atom stereocenters. The molecule has 180 valence electrons. The Labute approximate surface area is 206 Å². The van der Waals surface area contributed by atoms with Crippen molar-refractivity contribution in [2.24, 2.45) is 0 Å². The molecular weight excluding hydrogens is 467 g/mol. The van der Waals surface area contributed by atoms with Crippen LogP contribution in [0.3, 0.4) is 0 Å². The van der Waals surface area contributed by atoms with Crippen LogP contribution >= 0.6 is 11.3 Å². The molecule has 1 fully saturated rings. The molecule has 8 nitrogen and oxygen atoms in total. The molecule has 2 aromatic heterocycles. The Hall–Kier alpha value is -3.79. The monoisotopic (exact) mass is 492 g/mol. The predicted octanol–water partition coefficient (Wildman–Crippen LogP) is 4.12. The first-order chi connectivity index (χ1) is 16.9. The maximum atomic E-state index is 13.3. The smallest absolute Gasteiger partial charge is 0.265 e. The van der Waals surface area contributed by atoms with Crippen LogP contribution in [-0.2, 0) is 0 Å². The summed E-state index contributed by atoms with van der Waals surface area (Å²) < 4.78 is 20.3. The second-order valence-corrected chi connectivity index (χ2v) is 9.33. The molecule has 5 rings (SSSR count). The Bertz CT molecular complexity index is 1360. The number of rotatable bonds is 5. The van der Waals surface area contributed by atoms with Gasteiger partial charge in [0.25, 0.3) is 5.91 Å². The SMILES string of the molecule is COc1cccc(-n2nnc(-c3nc(C)c(C(=O)N4CCN(c5ccc(F)cc5)CC4)s3)c2C)c1. The lowest BCUT2D eigenvalue weighted by molar-refractivity contribution is 0.0750. The van der Waals surface area contributed by atoms with E-state index >= 15 is 0 Å². The van der Waals surface area contributed by atoms with Crippen LogP contribution in [0.2, 0.25) is 0 Å². The maximum absolute atomic E-state index is 13.3. The highest BCUT2D eigenvalue weighted by atomic mass is 32.1. The Morgan fingerprint density at radius 2 is 1.77 bits per heavy atom. The van der Waals surface area contributed by atoms with Crippen LogP contribution in [0.25, 0.3) is 16.4 Å². The fraction of sp³-hybridized carbons (Fsp3) is 0.280. The van der Waals surface area contributed by atoms with E-state index in [1.807, 2.05) is 43.0 Å². The predicted molar refractivity (Wildman–Crippen MR) is 133 cm³/mol. The third-order valence-corrected chi connectivity index (χ3v) is 7.30. The van der Waals surface area contributed by atoms with E-state index in [9.17, 15) is 9.18 Å². The molecule has 35 heavy (non-hydrogen) atoms. The number of methoxy groups -OCH3 is 1. The van der Waals surface area contributed by atoms with Gasteiger partial charge in [0, 0.05) is 37.9 Å². The summed E-state index contributed by atoms with van der Waals surface area (Å²) in [7, 11) is 1.62. The lowest BCUT2D eigenvalue weighted by atomic mass is 10.2. The molecule has 10 heteroatoms. The molecule has 0 saturated carbocycles. The average Bonchev–Trinajstić information content (AvgIpc) is 3.46. The Morgan fingerprint density at radius 3 is 2.49 bits per heavy atom. The number of aryl methyl sites for hydroxylation is 1. The van der Waals surface area contributed by atoms with Gasteiger partial charge in [-0.3, -0.25) is 4.79 Å². The minimum Gasteiger partial charge on any atom is -0.497 e. The van der Waals surface area contributed by atoms with Crippen molar-refractivity contribution in [2.75, 3.05) is 38.2 Å². The van der Waals surface area contributed by atoms with Crippen LogP contribution in [0.4, 0.5) is 10.1 Å². The topological polar surface area (TPSA) is 76.4 Å². The second kappa shape index (κ2) is 9.46. The number of hydrogen-bond donors (Lipinski definition) is 0. The first kappa shape index (κ1) is 23.0. The number of ether oxygens (including phenoxy) is 1. The molecular formula is C25H25FN6O2S. The molecule has 0 radical (unpaired) electrons. The van der Waals surface area contributed by atoms with E-state index in [2.05, 4.69) is 20.2 Å². The molecule has 1 amide bonds. The summed E-state index contributed by atoms with van der Waals surface area (Å²) in [6.45, 7) is 6.35. The van der Waals surface area contributed by atoms with Crippen LogP contribution in [-0.4, -0.2) is 64.1 Å². The Balaban J connectivity index is 1.32. The number of amides is 1. The van der Waals surface area contributed by atoms with E-state index in [-0.39, 0.29) is 11.7 Å². The number of nitrogens with zero attached hydrogens (tertiary/aromatic N) is 6. The summed E-state index contributed by atoms with van der Waals surface area (Å²) in [4.78, 5) is 22.6. The van der Waals surface area contributed by atoms with Gasteiger partial charge in [0.15, 0.2) is 0 Å². The summed E-state index contributed by atoms with van der Waals surface area (Å²) in [5.74, 6) is 0.456. The van der Waals surface area contributed by atoms with Gasteiger partial charge in [-0.15, -0.1) is 16.4 Å². The Kier molecular flexibility index (Phi) is 6.21. The average molecular weight is 493 g/mol. The van der Waals surface area contributed by atoms with E-state index in [0.29, 0.717) is 47.5 Å². The molecule has 3 heterocycles. The Morgan fingerprint density at radius 1 is 1.03 bits per heavy atom. The first-order valence-corrected chi connectivity index (χ1v) is 12.1. The number of carbonyl (C=O) groups is 1. The molecule has 4 aromatic rings. The molecule has 2 aromatic carbocycles. The number of hydrogen-bond acceptors (Lipinski definition) is 7. The number of piperazine rings is 1. The fourth-order valence-electron chi connectivity index (χ4n) is 4.17. The summed E-state index contributed by atoms with van der Waals surface area (Å²) in [5.41, 5.74) is 3.97. The molecule has 0 bridgehead atoms. The number of aromatic nitrogens is 4. The van der Waals surface area contributed by atoms with Crippen molar-refractivity contribution in [1.29, 1.82) is 0 Å². The highest BCUT2D eigenvalue weighted by Gasteiger charge is 2.27. The fourth-order valence-corrected chi connectivity index (χ4v) is 5.24. The zero-order chi connectivity index (χ0) is 24.5. The highest BCUT2D eigenvalue weighted by Crippen LogP contribution is 2.31. The van der Waals surface area contributed by atoms with Crippen LogP contribution in [0, 0.1) is 19.7 Å². The zero-order valence-corrected chi connectivity index (χ0v) is 20.5. The van der Waals surface area contributed by atoms with E-state index in [1.165, 1.54) is 23.5 Å². The molecule has 0 unspecified atom stereocenters. The molecule has 0 aliphatic carbocycles. The molecule has 1 saturated heterocycles. The third-order valence-electron chi connectivity index (χ3n) is 6.14. The summed E-state index contributed by atoms with van der Waals surface area (Å²) >= 11 is 1.35. The van der Waals surface area contributed by atoms with Crippen LogP contribution in [0.5, 0.6) is 5.75 Å². The number of benzene rings is 2. The standard InChI is InChI=1S/C25H25FN6O2S/c1-16-23(25(33)31-13-11-30(12-14-31)19-9-7-18(26)8-10-19)35-24(27-16)22-17(2)32(29-28-22)20-5-4-6-21(15-20)34-3/h4-10,15H,11-14H2,1-3H3. The van der Waals surface area contributed by atoms with Gasteiger partial charge in [0.2, 0.25) is 0 Å². The largest absolute Gasteiger partial charge is 0.497 e. The van der Waals surface area contributed by atoms with Crippen molar-refractivity contribution >= 4 is 22.9 Å². The summed E-state index contributed by atoms with van der Waals surface area (Å²) in [6, 6.07) is 14.1.